The number of hydrogen-bond donors (Lipinski definition) is 0. The molecule has 0 amide bonds. The van der Waals surface area contributed by atoms with Gasteiger partial charge in [0.25, 0.3) is 0 Å². The molecule has 0 N–H and O–H groups in total. The Morgan fingerprint density at radius 3 is 3.36 bits per heavy atom. The van der Waals surface area contributed by atoms with Crippen molar-refractivity contribution < 1.29 is 9.47 Å². The molecule has 1 aromatic rings. The summed E-state index contributed by atoms with van der Waals surface area (Å²) in [4.78, 5) is 0. The summed E-state index contributed by atoms with van der Waals surface area (Å²) < 4.78 is 11.6. The van der Waals surface area contributed by atoms with Crippen LogP contribution < -0.4 is 0 Å². The summed E-state index contributed by atoms with van der Waals surface area (Å²) >= 11 is 0. The fourth-order valence-corrected chi connectivity index (χ4v) is 3.56. The van der Waals surface area contributed by atoms with Crippen LogP contribution in [0.15, 0.2) is 18.2 Å². The number of aryl methyl sites for hydroxylation is 1. The van der Waals surface area contributed by atoms with Crippen LogP contribution in [0.4, 0.5) is 0 Å². The van der Waals surface area contributed by atoms with Gasteiger partial charge in [0.15, 0.2) is 0 Å². The van der Waals surface area contributed by atoms with E-state index in [4.69, 9.17) is 9.47 Å². The Hall–Kier alpha value is -0.860. The topological polar surface area (TPSA) is 25.1 Å². The van der Waals surface area contributed by atoms with Crippen LogP contribution in [0.2, 0.25) is 0 Å². The lowest BCUT2D eigenvalue weighted by atomic mass is 9.84. The SMILES string of the molecule is c1cc2c3c(c1)C1OC1C1OC31CC2. The highest BCUT2D eigenvalue weighted by Crippen LogP contribution is 2.68. The molecule has 4 unspecified atom stereocenters. The highest BCUT2D eigenvalue weighted by Gasteiger charge is 2.74. The molecule has 2 saturated heterocycles. The van der Waals surface area contributed by atoms with Crippen molar-refractivity contribution in [2.75, 3.05) is 0 Å². The van der Waals surface area contributed by atoms with E-state index < -0.39 is 0 Å². The van der Waals surface area contributed by atoms with Gasteiger partial charge in [0, 0.05) is 0 Å². The molecule has 2 aliphatic heterocycles. The highest BCUT2D eigenvalue weighted by atomic mass is 16.7. The molecular weight excluding hydrogens is 176 g/mol. The molecule has 1 spiro atoms. The van der Waals surface area contributed by atoms with Crippen molar-refractivity contribution in [1.29, 1.82) is 0 Å². The van der Waals surface area contributed by atoms with E-state index in [9.17, 15) is 0 Å². The molecule has 2 nitrogen and oxygen atoms in total. The van der Waals surface area contributed by atoms with E-state index in [1.54, 1.807) is 0 Å². The summed E-state index contributed by atoms with van der Waals surface area (Å²) in [5.41, 5.74) is 4.50. The standard InChI is InChI=1S/C12H10O2/c1-2-6-4-5-12-8(6)7(3-1)9-10(13-9)11(12)14-12/h1-3,9-11H,4-5H2. The van der Waals surface area contributed by atoms with Crippen molar-refractivity contribution in [2.24, 2.45) is 0 Å². The minimum Gasteiger partial charge on any atom is -0.362 e. The molecular formula is C12H10O2. The molecule has 4 aliphatic rings. The second-order valence-electron chi connectivity index (χ2n) is 4.83. The first-order valence-corrected chi connectivity index (χ1v) is 5.36. The van der Waals surface area contributed by atoms with Crippen LogP contribution in [-0.4, -0.2) is 12.2 Å². The van der Waals surface area contributed by atoms with Crippen LogP contribution in [0, 0.1) is 0 Å². The van der Waals surface area contributed by atoms with Crippen LogP contribution in [0.5, 0.6) is 0 Å². The van der Waals surface area contributed by atoms with Crippen LogP contribution in [0.25, 0.3) is 0 Å². The zero-order chi connectivity index (χ0) is 8.91. The normalized spacial score (nSPS) is 49.3. The predicted octanol–water partition coefficient (Wildman–Crippen LogP) is 1.68. The average Bonchev–Trinajstić information content (AvgIpc) is 3.04. The van der Waals surface area contributed by atoms with E-state index in [0.717, 1.165) is 0 Å². The van der Waals surface area contributed by atoms with E-state index in [2.05, 4.69) is 18.2 Å². The van der Waals surface area contributed by atoms with Crippen molar-refractivity contribution in [2.45, 2.75) is 36.8 Å². The Balaban J connectivity index is 1.92. The summed E-state index contributed by atoms with van der Waals surface area (Å²) in [5.74, 6) is 0. The van der Waals surface area contributed by atoms with Crippen molar-refractivity contribution in [3.63, 3.8) is 0 Å². The number of epoxide rings is 2. The third kappa shape index (κ3) is 0.494. The average molecular weight is 186 g/mol. The van der Waals surface area contributed by atoms with E-state index in [1.165, 1.54) is 29.5 Å². The van der Waals surface area contributed by atoms with E-state index in [1.807, 2.05) is 0 Å². The summed E-state index contributed by atoms with van der Waals surface area (Å²) in [6.45, 7) is 0. The summed E-state index contributed by atoms with van der Waals surface area (Å²) in [6.07, 6.45) is 3.51. The van der Waals surface area contributed by atoms with Crippen molar-refractivity contribution in [3.05, 3.63) is 34.9 Å². The van der Waals surface area contributed by atoms with Gasteiger partial charge in [0.2, 0.25) is 0 Å². The Morgan fingerprint density at radius 2 is 2.36 bits per heavy atom. The largest absolute Gasteiger partial charge is 0.362 e. The zero-order valence-corrected chi connectivity index (χ0v) is 7.69. The molecule has 2 aliphatic carbocycles. The third-order valence-corrected chi connectivity index (χ3v) is 4.24. The van der Waals surface area contributed by atoms with Gasteiger partial charge in [0.05, 0.1) is 0 Å². The Bertz CT molecular complexity index is 467. The Labute approximate surface area is 81.8 Å². The first-order chi connectivity index (χ1) is 6.90. The number of rotatable bonds is 0. The van der Waals surface area contributed by atoms with Crippen molar-refractivity contribution in [1.82, 2.24) is 0 Å². The van der Waals surface area contributed by atoms with E-state index >= 15 is 0 Å². The minimum absolute atomic E-state index is 0.101. The Morgan fingerprint density at radius 1 is 1.36 bits per heavy atom. The number of ether oxygens (including phenoxy) is 2. The van der Waals surface area contributed by atoms with Crippen LogP contribution in [-0.2, 0) is 21.5 Å². The summed E-state index contributed by atoms with van der Waals surface area (Å²) in [7, 11) is 0. The lowest BCUT2D eigenvalue weighted by Crippen LogP contribution is -2.19. The van der Waals surface area contributed by atoms with Gasteiger partial charge in [-0.1, -0.05) is 18.2 Å². The van der Waals surface area contributed by atoms with Crippen molar-refractivity contribution in [3.8, 4) is 0 Å². The molecule has 2 heteroatoms. The van der Waals surface area contributed by atoms with Gasteiger partial charge in [-0.25, -0.2) is 0 Å². The zero-order valence-electron chi connectivity index (χ0n) is 7.69. The number of hydrogen-bond acceptors (Lipinski definition) is 2. The molecule has 1 aromatic carbocycles. The van der Waals surface area contributed by atoms with E-state index in [-0.39, 0.29) is 5.60 Å². The van der Waals surface area contributed by atoms with Gasteiger partial charge in [-0.05, 0) is 29.5 Å². The third-order valence-electron chi connectivity index (χ3n) is 4.24. The quantitative estimate of drug-likeness (QED) is 0.576. The maximum atomic E-state index is 5.92. The molecule has 0 radical (unpaired) electrons. The summed E-state index contributed by atoms with van der Waals surface area (Å²) in [6, 6.07) is 6.62. The van der Waals surface area contributed by atoms with Gasteiger partial charge in [-0.3, -0.25) is 0 Å². The first-order valence-electron chi connectivity index (χ1n) is 5.36. The van der Waals surface area contributed by atoms with Crippen LogP contribution >= 0.6 is 0 Å². The minimum atomic E-state index is 0.101. The summed E-state index contributed by atoms with van der Waals surface area (Å²) in [5, 5.41) is 0. The molecule has 0 bridgehead atoms. The molecule has 70 valence electrons. The fraction of sp³-hybridized carbons (Fsp3) is 0.500. The Kier molecular flexibility index (Phi) is 0.781. The van der Waals surface area contributed by atoms with Gasteiger partial charge in [-0.2, -0.15) is 0 Å². The number of fused-ring (bicyclic) bond motifs is 3. The molecule has 2 fully saturated rings. The lowest BCUT2D eigenvalue weighted by molar-refractivity contribution is 0.271. The van der Waals surface area contributed by atoms with E-state index in [0.29, 0.717) is 18.3 Å². The van der Waals surface area contributed by atoms with Crippen LogP contribution in [0.1, 0.15) is 29.2 Å². The van der Waals surface area contributed by atoms with Gasteiger partial charge >= 0.3 is 0 Å². The van der Waals surface area contributed by atoms with Gasteiger partial charge in [-0.15, -0.1) is 0 Å². The molecule has 0 saturated carbocycles. The maximum Gasteiger partial charge on any atom is 0.123 e. The fourth-order valence-electron chi connectivity index (χ4n) is 3.56. The molecule has 4 atom stereocenters. The molecule has 0 aromatic heterocycles. The van der Waals surface area contributed by atoms with Crippen molar-refractivity contribution >= 4 is 0 Å². The monoisotopic (exact) mass is 186 g/mol. The number of benzene rings is 1. The highest BCUT2D eigenvalue weighted by molar-refractivity contribution is 5.54. The van der Waals surface area contributed by atoms with Gasteiger partial charge < -0.3 is 9.47 Å². The smallest absolute Gasteiger partial charge is 0.123 e. The second kappa shape index (κ2) is 1.66. The van der Waals surface area contributed by atoms with Crippen LogP contribution in [0.3, 0.4) is 0 Å². The molecule has 14 heavy (non-hydrogen) atoms. The molecule has 5 rings (SSSR count). The maximum absolute atomic E-state index is 5.92. The van der Waals surface area contributed by atoms with Gasteiger partial charge in [0.1, 0.15) is 23.9 Å². The lowest BCUT2D eigenvalue weighted by Gasteiger charge is -2.14. The second-order valence-corrected chi connectivity index (χ2v) is 4.83. The first kappa shape index (κ1) is 6.59. The molecule has 2 heterocycles. The predicted molar refractivity (Wildman–Crippen MR) is 48.9 cm³/mol.